The molecule has 5 heteroatoms. The molecule has 0 aliphatic rings. The molecule has 2 unspecified atom stereocenters. The number of nitrogens with zero attached hydrogens (tertiary/aromatic N) is 1. The number of non-ortho nitro benzene ring substituents is 1. The van der Waals surface area contributed by atoms with E-state index in [0.29, 0.717) is 12.0 Å². The van der Waals surface area contributed by atoms with Crippen LogP contribution in [0.15, 0.2) is 18.2 Å². The molecule has 0 amide bonds. The first-order chi connectivity index (χ1) is 8.47. The van der Waals surface area contributed by atoms with Crippen LogP contribution in [0.1, 0.15) is 38.7 Å². The van der Waals surface area contributed by atoms with Crippen LogP contribution < -0.4 is 5.32 Å². The molecule has 100 valence electrons. The third-order valence-corrected chi connectivity index (χ3v) is 4.09. The standard InChI is InChI=1S/C13H19IN2O2/c1-4-7-15-10(3)9(2)12-6-5-11(16(17)18)8-13(12)14/h5-6,8-10,15H,4,7H2,1-3H3. The van der Waals surface area contributed by atoms with E-state index in [1.807, 2.05) is 6.07 Å². The molecule has 0 radical (unpaired) electrons. The van der Waals surface area contributed by atoms with Gasteiger partial charge in [0.05, 0.1) is 4.92 Å². The Labute approximate surface area is 121 Å². The first-order valence-corrected chi connectivity index (χ1v) is 7.22. The Balaban J connectivity index is 2.86. The van der Waals surface area contributed by atoms with Crippen molar-refractivity contribution in [1.82, 2.24) is 5.32 Å². The maximum absolute atomic E-state index is 10.7. The Morgan fingerprint density at radius 3 is 2.61 bits per heavy atom. The number of hydrogen-bond donors (Lipinski definition) is 1. The molecular weight excluding hydrogens is 343 g/mol. The summed E-state index contributed by atoms with van der Waals surface area (Å²) in [6.07, 6.45) is 1.11. The van der Waals surface area contributed by atoms with Gasteiger partial charge in [-0.05, 0) is 54.0 Å². The Kier molecular flexibility index (Phi) is 6.01. The maximum atomic E-state index is 10.7. The van der Waals surface area contributed by atoms with Gasteiger partial charge in [-0.2, -0.15) is 0 Å². The van der Waals surface area contributed by atoms with Crippen molar-refractivity contribution in [2.24, 2.45) is 0 Å². The first kappa shape index (κ1) is 15.4. The van der Waals surface area contributed by atoms with Gasteiger partial charge >= 0.3 is 0 Å². The number of nitro groups is 1. The number of benzene rings is 1. The largest absolute Gasteiger partial charge is 0.314 e. The van der Waals surface area contributed by atoms with E-state index in [-0.39, 0.29) is 10.6 Å². The lowest BCUT2D eigenvalue weighted by molar-refractivity contribution is -0.385. The quantitative estimate of drug-likeness (QED) is 0.477. The highest BCUT2D eigenvalue weighted by Gasteiger charge is 2.18. The predicted molar refractivity (Wildman–Crippen MR) is 82.0 cm³/mol. The minimum Gasteiger partial charge on any atom is -0.314 e. The zero-order chi connectivity index (χ0) is 13.7. The molecule has 0 bridgehead atoms. The molecule has 0 saturated carbocycles. The van der Waals surface area contributed by atoms with Crippen LogP contribution in [-0.4, -0.2) is 17.5 Å². The van der Waals surface area contributed by atoms with Gasteiger partial charge in [0, 0.05) is 21.7 Å². The molecular formula is C13H19IN2O2. The van der Waals surface area contributed by atoms with Crippen LogP contribution in [0.25, 0.3) is 0 Å². The summed E-state index contributed by atoms with van der Waals surface area (Å²) < 4.78 is 0.958. The summed E-state index contributed by atoms with van der Waals surface area (Å²) in [5.41, 5.74) is 1.32. The van der Waals surface area contributed by atoms with Gasteiger partial charge in [0.25, 0.3) is 5.69 Å². The van der Waals surface area contributed by atoms with Crippen molar-refractivity contribution in [3.8, 4) is 0 Å². The monoisotopic (exact) mass is 362 g/mol. The molecule has 0 aliphatic carbocycles. The van der Waals surface area contributed by atoms with E-state index in [1.54, 1.807) is 12.1 Å². The van der Waals surface area contributed by atoms with Crippen molar-refractivity contribution < 1.29 is 4.92 Å². The second-order valence-electron chi connectivity index (χ2n) is 4.49. The molecule has 0 fully saturated rings. The smallest absolute Gasteiger partial charge is 0.270 e. The molecule has 4 nitrogen and oxygen atoms in total. The van der Waals surface area contributed by atoms with Crippen molar-refractivity contribution in [1.29, 1.82) is 0 Å². The summed E-state index contributed by atoms with van der Waals surface area (Å²) >= 11 is 2.17. The van der Waals surface area contributed by atoms with Gasteiger partial charge in [0.15, 0.2) is 0 Å². The van der Waals surface area contributed by atoms with Crippen molar-refractivity contribution in [2.75, 3.05) is 6.54 Å². The lowest BCUT2D eigenvalue weighted by Gasteiger charge is -2.22. The number of rotatable bonds is 6. The van der Waals surface area contributed by atoms with Crippen molar-refractivity contribution >= 4 is 28.3 Å². The van der Waals surface area contributed by atoms with Gasteiger partial charge in [-0.3, -0.25) is 10.1 Å². The fourth-order valence-corrected chi connectivity index (χ4v) is 2.81. The minimum absolute atomic E-state index is 0.157. The number of nitro benzene ring substituents is 1. The zero-order valence-electron chi connectivity index (χ0n) is 10.9. The van der Waals surface area contributed by atoms with Gasteiger partial charge < -0.3 is 5.32 Å². The molecule has 1 aromatic rings. The molecule has 1 aromatic carbocycles. The highest BCUT2D eigenvalue weighted by atomic mass is 127. The Morgan fingerprint density at radius 1 is 1.44 bits per heavy atom. The van der Waals surface area contributed by atoms with E-state index in [2.05, 4.69) is 48.7 Å². The van der Waals surface area contributed by atoms with E-state index >= 15 is 0 Å². The van der Waals surface area contributed by atoms with E-state index in [4.69, 9.17) is 0 Å². The Hall–Kier alpha value is -0.690. The maximum Gasteiger partial charge on any atom is 0.270 e. The molecule has 0 spiro atoms. The van der Waals surface area contributed by atoms with E-state index in [0.717, 1.165) is 22.1 Å². The SMILES string of the molecule is CCCNC(C)C(C)c1ccc([N+](=O)[O-])cc1I. The van der Waals surface area contributed by atoms with Gasteiger partial charge in [-0.15, -0.1) is 0 Å². The Bertz CT molecular complexity index is 423. The lowest BCUT2D eigenvalue weighted by Crippen LogP contribution is -2.31. The minimum atomic E-state index is -0.352. The molecule has 2 atom stereocenters. The van der Waals surface area contributed by atoms with Crippen LogP contribution >= 0.6 is 22.6 Å². The molecule has 1 rings (SSSR count). The third-order valence-electron chi connectivity index (χ3n) is 3.15. The van der Waals surface area contributed by atoms with Crippen LogP contribution in [0.2, 0.25) is 0 Å². The number of hydrogen-bond acceptors (Lipinski definition) is 3. The normalized spacial score (nSPS) is 14.2. The van der Waals surface area contributed by atoms with Gasteiger partial charge in [-0.25, -0.2) is 0 Å². The van der Waals surface area contributed by atoms with Crippen LogP contribution in [0.3, 0.4) is 0 Å². The van der Waals surface area contributed by atoms with Crippen LogP contribution in [0.4, 0.5) is 5.69 Å². The van der Waals surface area contributed by atoms with Crippen LogP contribution in [0, 0.1) is 13.7 Å². The second kappa shape index (κ2) is 7.04. The highest BCUT2D eigenvalue weighted by Crippen LogP contribution is 2.27. The first-order valence-electron chi connectivity index (χ1n) is 6.14. The average Bonchev–Trinajstić information content (AvgIpc) is 2.34. The summed E-state index contributed by atoms with van der Waals surface area (Å²) in [5, 5.41) is 14.2. The van der Waals surface area contributed by atoms with Crippen molar-refractivity contribution in [3.05, 3.63) is 37.4 Å². The summed E-state index contributed by atoms with van der Waals surface area (Å²) in [5.74, 6) is 0.337. The fraction of sp³-hybridized carbons (Fsp3) is 0.538. The van der Waals surface area contributed by atoms with Gasteiger partial charge in [0.2, 0.25) is 0 Å². The summed E-state index contributed by atoms with van der Waals surface area (Å²) in [6, 6.07) is 5.45. The Morgan fingerprint density at radius 2 is 2.11 bits per heavy atom. The van der Waals surface area contributed by atoms with Gasteiger partial charge in [-0.1, -0.05) is 19.9 Å². The topological polar surface area (TPSA) is 55.2 Å². The molecule has 0 aliphatic heterocycles. The van der Waals surface area contributed by atoms with E-state index in [9.17, 15) is 10.1 Å². The van der Waals surface area contributed by atoms with E-state index < -0.39 is 0 Å². The highest BCUT2D eigenvalue weighted by molar-refractivity contribution is 14.1. The molecule has 1 N–H and O–H groups in total. The van der Waals surface area contributed by atoms with Gasteiger partial charge in [0.1, 0.15) is 0 Å². The predicted octanol–water partition coefficient (Wildman–Crippen LogP) is 3.69. The third kappa shape index (κ3) is 3.91. The lowest BCUT2D eigenvalue weighted by atomic mass is 9.94. The summed E-state index contributed by atoms with van der Waals surface area (Å²) in [7, 11) is 0. The number of halogens is 1. The number of nitrogens with one attached hydrogen (secondary N) is 1. The van der Waals surface area contributed by atoms with Crippen molar-refractivity contribution in [2.45, 2.75) is 39.2 Å². The summed E-state index contributed by atoms with van der Waals surface area (Å²) in [4.78, 5) is 10.3. The van der Waals surface area contributed by atoms with Crippen molar-refractivity contribution in [3.63, 3.8) is 0 Å². The second-order valence-corrected chi connectivity index (χ2v) is 5.66. The average molecular weight is 362 g/mol. The fourth-order valence-electron chi connectivity index (χ4n) is 1.82. The van der Waals surface area contributed by atoms with Crippen LogP contribution in [0.5, 0.6) is 0 Å². The van der Waals surface area contributed by atoms with E-state index in [1.165, 1.54) is 0 Å². The molecule has 18 heavy (non-hydrogen) atoms. The summed E-state index contributed by atoms with van der Waals surface area (Å²) in [6.45, 7) is 7.43. The van der Waals surface area contributed by atoms with Crippen LogP contribution in [-0.2, 0) is 0 Å². The molecule has 0 aromatic heterocycles. The molecule has 0 heterocycles. The molecule has 0 saturated heterocycles. The zero-order valence-corrected chi connectivity index (χ0v) is 13.1.